The van der Waals surface area contributed by atoms with Gasteiger partial charge < -0.3 is 15.0 Å². The number of nitrogens with one attached hydrogen (secondary N) is 1. The molecule has 28 heavy (non-hydrogen) atoms. The highest BCUT2D eigenvalue weighted by atomic mass is 19.4. The van der Waals surface area contributed by atoms with Gasteiger partial charge in [-0.3, -0.25) is 4.79 Å². The molecule has 5 nitrogen and oxygen atoms in total. The number of rotatable bonds is 5. The van der Waals surface area contributed by atoms with Crippen LogP contribution >= 0.6 is 0 Å². The summed E-state index contributed by atoms with van der Waals surface area (Å²) in [5.74, 6) is 0.481. The molecule has 0 unspecified atom stereocenters. The van der Waals surface area contributed by atoms with E-state index in [-0.39, 0.29) is 5.91 Å². The van der Waals surface area contributed by atoms with Crippen molar-refractivity contribution in [1.29, 1.82) is 0 Å². The van der Waals surface area contributed by atoms with Crippen LogP contribution in [-0.2, 0) is 22.3 Å². The minimum atomic E-state index is -4.37. The molecule has 1 aromatic heterocycles. The molecule has 1 aromatic carbocycles. The Kier molecular flexibility index (Phi) is 6.30. The molecule has 0 saturated carbocycles. The summed E-state index contributed by atoms with van der Waals surface area (Å²) < 4.78 is 43.0. The van der Waals surface area contributed by atoms with Gasteiger partial charge in [0.1, 0.15) is 5.82 Å². The summed E-state index contributed by atoms with van der Waals surface area (Å²) in [6.07, 6.45) is 0.108. The summed E-state index contributed by atoms with van der Waals surface area (Å²) in [6.45, 7) is 3.06. The molecule has 2 heterocycles. The number of ether oxygens (including phenoxy) is 1. The van der Waals surface area contributed by atoms with E-state index >= 15 is 0 Å². The summed E-state index contributed by atoms with van der Waals surface area (Å²) in [7, 11) is 0. The maximum absolute atomic E-state index is 12.6. The lowest BCUT2D eigenvalue weighted by Gasteiger charge is -2.29. The first kappa shape index (κ1) is 19.9. The molecule has 0 bridgehead atoms. The second kappa shape index (κ2) is 8.88. The van der Waals surface area contributed by atoms with Crippen LogP contribution in [0.2, 0.25) is 0 Å². The molecule has 1 fully saturated rings. The first-order valence-electron chi connectivity index (χ1n) is 8.83. The molecule has 1 N–H and O–H groups in total. The van der Waals surface area contributed by atoms with Gasteiger partial charge in [-0.1, -0.05) is 18.2 Å². The number of anilines is 1. The third-order valence-corrected chi connectivity index (χ3v) is 4.30. The van der Waals surface area contributed by atoms with Crippen molar-refractivity contribution in [3.63, 3.8) is 0 Å². The molecule has 3 rings (SSSR count). The quantitative estimate of drug-likeness (QED) is 0.795. The topological polar surface area (TPSA) is 54.5 Å². The van der Waals surface area contributed by atoms with Crippen molar-refractivity contribution >= 4 is 17.8 Å². The number of hydrogen-bond donors (Lipinski definition) is 1. The predicted octanol–water partition coefficient (Wildman–Crippen LogP) is 3.27. The third kappa shape index (κ3) is 5.32. The van der Waals surface area contributed by atoms with E-state index in [9.17, 15) is 18.0 Å². The molecule has 0 atom stereocenters. The fraction of sp³-hybridized carbons (Fsp3) is 0.300. The predicted molar refractivity (Wildman–Crippen MR) is 99.6 cm³/mol. The minimum Gasteiger partial charge on any atom is -0.378 e. The van der Waals surface area contributed by atoms with E-state index in [2.05, 4.69) is 15.2 Å². The lowest BCUT2D eigenvalue weighted by Crippen LogP contribution is -2.37. The number of amides is 1. The van der Waals surface area contributed by atoms with E-state index in [1.807, 2.05) is 12.1 Å². The number of nitrogens with zero attached hydrogens (tertiary/aromatic N) is 2. The van der Waals surface area contributed by atoms with Crippen molar-refractivity contribution in [3.05, 3.63) is 65.4 Å². The van der Waals surface area contributed by atoms with Crippen molar-refractivity contribution in [1.82, 2.24) is 10.3 Å². The molecule has 148 valence electrons. The van der Waals surface area contributed by atoms with Gasteiger partial charge in [0.05, 0.1) is 18.8 Å². The molecule has 1 aliphatic heterocycles. The molecule has 8 heteroatoms. The molecule has 1 aliphatic rings. The number of aromatic nitrogens is 1. The average Bonchev–Trinajstić information content (AvgIpc) is 2.71. The van der Waals surface area contributed by atoms with Gasteiger partial charge in [-0.25, -0.2) is 4.98 Å². The Morgan fingerprint density at radius 3 is 2.57 bits per heavy atom. The van der Waals surface area contributed by atoms with Crippen LogP contribution in [0.1, 0.15) is 16.7 Å². The molecule has 0 aliphatic carbocycles. The maximum atomic E-state index is 12.6. The van der Waals surface area contributed by atoms with E-state index in [1.165, 1.54) is 24.3 Å². The van der Waals surface area contributed by atoms with E-state index in [1.54, 1.807) is 6.20 Å². The number of benzene rings is 1. The lowest BCUT2D eigenvalue weighted by molar-refractivity contribution is -0.137. The van der Waals surface area contributed by atoms with Gasteiger partial charge in [-0.15, -0.1) is 0 Å². The van der Waals surface area contributed by atoms with E-state index in [0.29, 0.717) is 25.3 Å². The molecular formula is C20H20F3N3O2. The molecule has 2 aromatic rings. The van der Waals surface area contributed by atoms with Crippen LogP contribution in [0.4, 0.5) is 19.0 Å². The van der Waals surface area contributed by atoms with E-state index < -0.39 is 11.7 Å². The van der Waals surface area contributed by atoms with Crippen molar-refractivity contribution in [2.24, 2.45) is 0 Å². The van der Waals surface area contributed by atoms with Crippen LogP contribution in [0.25, 0.3) is 6.08 Å². The Morgan fingerprint density at radius 2 is 1.89 bits per heavy atom. The van der Waals surface area contributed by atoms with Crippen molar-refractivity contribution < 1.29 is 22.7 Å². The smallest absolute Gasteiger partial charge is 0.378 e. The van der Waals surface area contributed by atoms with E-state index in [4.69, 9.17) is 4.74 Å². The van der Waals surface area contributed by atoms with Gasteiger partial charge in [0.15, 0.2) is 0 Å². The highest BCUT2D eigenvalue weighted by molar-refractivity contribution is 5.91. The Morgan fingerprint density at radius 1 is 1.18 bits per heavy atom. The average molecular weight is 391 g/mol. The number of morpholine rings is 1. The van der Waals surface area contributed by atoms with Gasteiger partial charge in [0.25, 0.3) is 0 Å². The van der Waals surface area contributed by atoms with Crippen molar-refractivity contribution in [2.45, 2.75) is 12.7 Å². The molecule has 0 radical (unpaired) electrons. The van der Waals surface area contributed by atoms with Crippen LogP contribution in [-0.4, -0.2) is 37.2 Å². The number of halogens is 3. The highest BCUT2D eigenvalue weighted by Gasteiger charge is 2.29. The maximum Gasteiger partial charge on any atom is 0.416 e. The summed E-state index contributed by atoms with van der Waals surface area (Å²) in [5, 5.41) is 2.78. The molecule has 0 spiro atoms. The largest absolute Gasteiger partial charge is 0.416 e. The zero-order valence-electron chi connectivity index (χ0n) is 15.1. The van der Waals surface area contributed by atoms with Crippen LogP contribution in [0.3, 0.4) is 0 Å². The zero-order valence-corrected chi connectivity index (χ0v) is 15.1. The van der Waals surface area contributed by atoms with Gasteiger partial charge >= 0.3 is 6.18 Å². The second-order valence-electron chi connectivity index (χ2n) is 6.26. The summed E-state index contributed by atoms with van der Waals surface area (Å²) in [5.41, 5.74) is 0.681. The fourth-order valence-electron chi connectivity index (χ4n) is 2.82. The Labute approximate surface area is 160 Å². The number of pyridine rings is 1. The second-order valence-corrected chi connectivity index (χ2v) is 6.26. The van der Waals surface area contributed by atoms with Gasteiger partial charge in [-0.05, 0) is 29.8 Å². The van der Waals surface area contributed by atoms with Crippen molar-refractivity contribution in [3.8, 4) is 0 Å². The van der Waals surface area contributed by atoms with Crippen LogP contribution in [0.15, 0.2) is 48.7 Å². The van der Waals surface area contributed by atoms with Crippen molar-refractivity contribution in [2.75, 3.05) is 31.2 Å². The van der Waals surface area contributed by atoms with Gasteiger partial charge in [-0.2, -0.15) is 13.2 Å². The Bertz CT molecular complexity index is 829. The molecule has 1 saturated heterocycles. The Balaban J connectivity index is 1.58. The summed E-state index contributed by atoms with van der Waals surface area (Å²) >= 11 is 0. The highest BCUT2D eigenvalue weighted by Crippen LogP contribution is 2.29. The monoisotopic (exact) mass is 391 g/mol. The van der Waals surface area contributed by atoms with Gasteiger partial charge in [0, 0.05) is 37.5 Å². The number of hydrogen-bond acceptors (Lipinski definition) is 4. The third-order valence-electron chi connectivity index (χ3n) is 4.30. The van der Waals surface area contributed by atoms with Crippen LogP contribution in [0.5, 0.6) is 0 Å². The number of carbonyl (C=O) groups is 1. The first-order valence-corrected chi connectivity index (χ1v) is 8.83. The fourth-order valence-corrected chi connectivity index (χ4v) is 2.82. The Hall–Kier alpha value is -2.87. The normalized spacial score (nSPS) is 15.0. The van der Waals surface area contributed by atoms with Crippen LogP contribution < -0.4 is 10.2 Å². The SMILES string of the molecule is O=C(/C=C/c1ccc(C(F)(F)F)cc1)NCc1cccnc1N1CCOCC1. The minimum absolute atomic E-state index is 0.302. The van der Waals surface area contributed by atoms with Gasteiger partial charge in [0.2, 0.25) is 5.91 Å². The standard InChI is InChI=1S/C20H20F3N3O2/c21-20(22,23)17-6-3-15(4-7-17)5-8-18(27)25-14-16-2-1-9-24-19(16)26-10-12-28-13-11-26/h1-9H,10-14H2,(H,25,27)/b8-5+. The first-order chi connectivity index (χ1) is 13.4. The summed E-state index contributed by atoms with van der Waals surface area (Å²) in [6, 6.07) is 8.33. The zero-order chi connectivity index (χ0) is 20.0. The molecular weight excluding hydrogens is 371 g/mol. The summed E-state index contributed by atoms with van der Waals surface area (Å²) in [4.78, 5) is 18.6. The number of alkyl halides is 3. The van der Waals surface area contributed by atoms with Crippen LogP contribution in [0, 0.1) is 0 Å². The molecule has 1 amide bonds. The van der Waals surface area contributed by atoms with E-state index in [0.717, 1.165) is 36.6 Å². The lowest BCUT2D eigenvalue weighted by atomic mass is 10.1. The number of carbonyl (C=O) groups excluding carboxylic acids is 1.